The highest BCUT2D eigenvalue weighted by Gasteiger charge is 2.21. The fourth-order valence-electron chi connectivity index (χ4n) is 3.76. The molecule has 0 heterocycles. The van der Waals surface area contributed by atoms with Crippen LogP contribution in [0.15, 0.2) is 48.5 Å². The predicted octanol–water partition coefficient (Wildman–Crippen LogP) is 5.30. The van der Waals surface area contributed by atoms with Gasteiger partial charge in [-0.15, -0.1) is 0 Å². The third-order valence-corrected chi connectivity index (χ3v) is 7.97. The molecule has 1 unspecified atom stereocenters. The third-order valence-electron chi connectivity index (χ3n) is 5.43. The first-order chi connectivity index (χ1) is 12.8. The van der Waals surface area contributed by atoms with Gasteiger partial charge in [-0.25, -0.2) is 0 Å². The summed E-state index contributed by atoms with van der Waals surface area (Å²) in [6, 6.07) is 18.2. The second-order valence-electron chi connectivity index (χ2n) is 7.44. The Kier molecular flexibility index (Phi) is 5.72. The van der Waals surface area contributed by atoms with Crippen LogP contribution in [0.1, 0.15) is 33.4 Å². The standard InChI is InChI=1S/C25H29OP/c1-16-10-8-9-11-24(16)27(22-12-17(2)21(6)18(3)13-22)23-14-19(4)25(26-7)20(5)15-23/h8-15H,1-7H3. The van der Waals surface area contributed by atoms with Crippen molar-refractivity contribution in [3.05, 3.63) is 81.9 Å². The van der Waals surface area contributed by atoms with E-state index in [1.165, 1.54) is 49.3 Å². The van der Waals surface area contributed by atoms with E-state index in [-0.39, 0.29) is 0 Å². The van der Waals surface area contributed by atoms with E-state index in [2.05, 4.69) is 90.1 Å². The van der Waals surface area contributed by atoms with Crippen LogP contribution in [-0.4, -0.2) is 7.11 Å². The Morgan fingerprint density at radius 2 is 1.11 bits per heavy atom. The summed E-state index contributed by atoms with van der Waals surface area (Å²) >= 11 is 0. The van der Waals surface area contributed by atoms with Crippen LogP contribution >= 0.6 is 7.92 Å². The van der Waals surface area contributed by atoms with E-state index in [4.69, 9.17) is 4.74 Å². The van der Waals surface area contributed by atoms with Crippen molar-refractivity contribution in [2.45, 2.75) is 41.5 Å². The summed E-state index contributed by atoms with van der Waals surface area (Å²) in [6.45, 7) is 13.2. The van der Waals surface area contributed by atoms with Gasteiger partial charge in [0.05, 0.1) is 7.11 Å². The van der Waals surface area contributed by atoms with Crippen molar-refractivity contribution in [3.63, 3.8) is 0 Å². The molecule has 0 aromatic heterocycles. The molecule has 140 valence electrons. The van der Waals surface area contributed by atoms with Crippen LogP contribution in [0.2, 0.25) is 0 Å². The topological polar surface area (TPSA) is 9.23 Å². The van der Waals surface area contributed by atoms with E-state index >= 15 is 0 Å². The van der Waals surface area contributed by atoms with E-state index in [0.717, 1.165) is 5.75 Å². The van der Waals surface area contributed by atoms with Crippen LogP contribution in [0.25, 0.3) is 0 Å². The Hall–Kier alpha value is -2.11. The average Bonchev–Trinajstić information content (AvgIpc) is 2.61. The lowest BCUT2D eigenvalue weighted by molar-refractivity contribution is 0.409. The summed E-state index contributed by atoms with van der Waals surface area (Å²) in [5, 5.41) is 4.24. The number of hydrogen-bond acceptors (Lipinski definition) is 1. The molecule has 0 spiro atoms. The van der Waals surface area contributed by atoms with Gasteiger partial charge in [0.25, 0.3) is 0 Å². The van der Waals surface area contributed by atoms with Gasteiger partial charge in [-0.1, -0.05) is 36.4 Å². The molecule has 0 aliphatic heterocycles. The minimum atomic E-state index is -0.617. The molecule has 0 N–H and O–H groups in total. The molecule has 0 fully saturated rings. The molecule has 0 aliphatic carbocycles. The van der Waals surface area contributed by atoms with Crippen molar-refractivity contribution in [1.29, 1.82) is 0 Å². The molecule has 0 saturated heterocycles. The Bertz CT molecular complexity index is 941. The summed E-state index contributed by atoms with van der Waals surface area (Å²) < 4.78 is 5.61. The van der Waals surface area contributed by atoms with E-state index in [1.807, 2.05) is 0 Å². The molecule has 3 aromatic carbocycles. The number of hydrogen-bond donors (Lipinski definition) is 0. The summed E-state index contributed by atoms with van der Waals surface area (Å²) in [5.41, 5.74) is 7.88. The molecule has 1 nitrogen and oxygen atoms in total. The SMILES string of the molecule is COc1c(C)cc(P(c2cc(C)c(C)c(C)c2)c2ccccc2C)cc1C. The van der Waals surface area contributed by atoms with Gasteiger partial charge in [0, 0.05) is 0 Å². The number of rotatable bonds is 4. The van der Waals surface area contributed by atoms with Crippen LogP contribution in [0, 0.1) is 41.5 Å². The summed E-state index contributed by atoms with van der Waals surface area (Å²) in [6.07, 6.45) is 0. The Balaban J connectivity index is 2.28. The molecular weight excluding hydrogens is 347 g/mol. The normalized spacial score (nSPS) is 12.1. The first-order valence-corrected chi connectivity index (χ1v) is 10.8. The van der Waals surface area contributed by atoms with Crippen LogP contribution < -0.4 is 20.7 Å². The Morgan fingerprint density at radius 3 is 1.59 bits per heavy atom. The van der Waals surface area contributed by atoms with Gasteiger partial charge in [-0.3, -0.25) is 0 Å². The highest BCUT2D eigenvalue weighted by Crippen LogP contribution is 2.37. The van der Waals surface area contributed by atoms with Crippen LogP contribution in [0.3, 0.4) is 0 Å². The summed E-state index contributed by atoms with van der Waals surface area (Å²) in [5.74, 6) is 0.995. The molecule has 3 rings (SSSR count). The molecule has 0 bridgehead atoms. The molecule has 0 aliphatic rings. The fraction of sp³-hybridized carbons (Fsp3) is 0.280. The fourth-order valence-corrected chi connectivity index (χ4v) is 6.57. The van der Waals surface area contributed by atoms with Crippen molar-refractivity contribution < 1.29 is 4.74 Å². The molecular formula is C25H29OP. The van der Waals surface area contributed by atoms with Crippen molar-refractivity contribution in [2.75, 3.05) is 7.11 Å². The van der Waals surface area contributed by atoms with Gasteiger partial charge in [0.15, 0.2) is 0 Å². The van der Waals surface area contributed by atoms with Gasteiger partial charge in [-0.05, 0) is 111 Å². The van der Waals surface area contributed by atoms with Crippen LogP contribution in [0.5, 0.6) is 5.75 Å². The second-order valence-corrected chi connectivity index (χ2v) is 9.62. The van der Waals surface area contributed by atoms with Gasteiger partial charge >= 0.3 is 0 Å². The van der Waals surface area contributed by atoms with Gasteiger partial charge in [-0.2, -0.15) is 0 Å². The minimum absolute atomic E-state index is 0.617. The first-order valence-electron chi connectivity index (χ1n) is 9.42. The zero-order valence-electron chi connectivity index (χ0n) is 17.5. The van der Waals surface area contributed by atoms with E-state index in [0.29, 0.717) is 0 Å². The van der Waals surface area contributed by atoms with Crippen LogP contribution in [-0.2, 0) is 0 Å². The first kappa shape index (κ1) is 19.6. The molecule has 0 amide bonds. The largest absolute Gasteiger partial charge is 0.496 e. The molecule has 0 radical (unpaired) electrons. The predicted molar refractivity (Wildman–Crippen MR) is 120 cm³/mol. The van der Waals surface area contributed by atoms with Crippen molar-refractivity contribution in [1.82, 2.24) is 0 Å². The van der Waals surface area contributed by atoms with E-state index < -0.39 is 7.92 Å². The Labute approximate surface area is 165 Å². The maximum absolute atomic E-state index is 5.61. The number of aryl methyl sites for hydroxylation is 5. The number of ether oxygens (including phenoxy) is 1. The molecule has 2 heteroatoms. The quantitative estimate of drug-likeness (QED) is 0.561. The molecule has 1 atom stereocenters. The molecule has 27 heavy (non-hydrogen) atoms. The number of methoxy groups -OCH3 is 1. The van der Waals surface area contributed by atoms with E-state index in [9.17, 15) is 0 Å². The zero-order chi connectivity index (χ0) is 19.7. The third kappa shape index (κ3) is 3.80. The van der Waals surface area contributed by atoms with Crippen LogP contribution in [0.4, 0.5) is 0 Å². The van der Waals surface area contributed by atoms with Gasteiger partial charge < -0.3 is 4.74 Å². The van der Waals surface area contributed by atoms with E-state index in [1.54, 1.807) is 7.11 Å². The molecule has 3 aromatic rings. The lowest BCUT2D eigenvalue weighted by atomic mass is 10.1. The smallest absolute Gasteiger partial charge is 0.124 e. The minimum Gasteiger partial charge on any atom is -0.496 e. The van der Waals surface area contributed by atoms with Gasteiger partial charge in [0.1, 0.15) is 5.75 Å². The van der Waals surface area contributed by atoms with Gasteiger partial charge in [0.2, 0.25) is 0 Å². The van der Waals surface area contributed by atoms with Crippen molar-refractivity contribution in [3.8, 4) is 5.75 Å². The maximum Gasteiger partial charge on any atom is 0.124 e. The summed E-state index contributed by atoms with van der Waals surface area (Å²) in [7, 11) is 1.14. The lowest BCUT2D eigenvalue weighted by Gasteiger charge is -2.24. The zero-order valence-corrected chi connectivity index (χ0v) is 18.4. The monoisotopic (exact) mass is 376 g/mol. The van der Waals surface area contributed by atoms with Crippen molar-refractivity contribution >= 4 is 23.8 Å². The highest BCUT2D eigenvalue weighted by molar-refractivity contribution is 7.79. The number of benzene rings is 3. The second kappa shape index (κ2) is 7.87. The maximum atomic E-state index is 5.61. The molecule has 0 saturated carbocycles. The van der Waals surface area contributed by atoms with Crippen molar-refractivity contribution in [2.24, 2.45) is 0 Å². The summed E-state index contributed by atoms with van der Waals surface area (Å²) in [4.78, 5) is 0. The highest BCUT2D eigenvalue weighted by atomic mass is 31.1. The average molecular weight is 376 g/mol. The lowest BCUT2D eigenvalue weighted by Crippen LogP contribution is -2.24. The Morgan fingerprint density at radius 1 is 0.630 bits per heavy atom.